The number of hydrogen-bond donors (Lipinski definition) is 4. The molecule has 1 heterocycles. The lowest BCUT2D eigenvalue weighted by molar-refractivity contribution is 1.14. The zero-order valence-corrected chi connectivity index (χ0v) is 6.80. The number of anilines is 2. The van der Waals surface area contributed by atoms with Crippen molar-refractivity contribution in [2.75, 3.05) is 11.5 Å². The number of rotatable bonds is 0. The number of aromatic amines is 1. The fourth-order valence-corrected chi connectivity index (χ4v) is 0.966. The van der Waals surface area contributed by atoms with Gasteiger partial charge in [0.2, 0.25) is 0 Å². The number of nitrogen functional groups attached to an aromatic ring is 2. The summed E-state index contributed by atoms with van der Waals surface area (Å²) in [6.07, 6.45) is 0. The van der Waals surface area contributed by atoms with Gasteiger partial charge < -0.3 is 16.5 Å². The van der Waals surface area contributed by atoms with Crippen LogP contribution >= 0.6 is 24.8 Å². The molecule has 0 amide bonds. The summed E-state index contributed by atoms with van der Waals surface area (Å²) in [6, 6.07) is 1.58. The van der Waals surface area contributed by atoms with Gasteiger partial charge in [-0.1, -0.05) is 12.2 Å². The highest BCUT2D eigenvalue weighted by molar-refractivity contribution is 7.80. The molecule has 0 spiro atoms. The number of nitrogens with two attached hydrogens (primary N) is 2. The van der Waals surface area contributed by atoms with Crippen LogP contribution in [-0.4, -0.2) is 4.98 Å². The smallest absolute Gasteiger partial charge is 0.127 e. The van der Waals surface area contributed by atoms with E-state index in [4.69, 9.17) is 23.7 Å². The van der Waals surface area contributed by atoms with Gasteiger partial charge in [-0.2, -0.15) is 0 Å². The molecule has 0 aliphatic rings. The standard InChI is InChI=1S/C5H7N3S2/c6-2-1-3(7)5(10)8-4(2)9/h1H,6-7H2,(H2,8,9,10). The highest BCUT2D eigenvalue weighted by Gasteiger charge is 1.95. The third kappa shape index (κ3) is 1.25. The summed E-state index contributed by atoms with van der Waals surface area (Å²) in [4.78, 5) is 2.74. The van der Waals surface area contributed by atoms with E-state index in [1.165, 1.54) is 0 Å². The molecule has 1 aromatic heterocycles. The molecule has 0 bridgehead atoms. The molecule has 3 nitrogen and oxygen atoms in total. The lowest BCUT2D eigenvalue weighted by Crippen LogP contribution is -1.95. The van der Waals surface area contributed by atoms with Crippen molar-refractivity contribution in [1.29, 1.82) is 0 Å². The van der Waals surface area contributed by atoms with Gasteiger partial charge in [-0.15, -0.1) is 12.6 Å². The Hall–Kier alpha value is -0.680. The van der Waals surface area contributed by atoms with Crippen molar-refractivity contribution >= 4 is 36.2 Å². The Morgan fingerprint density at radius 2 is 2.00 bits per heavy atom. The normalized spacial score (nSPS) is 9.70. The number of nitrogens with one attached hydrogen (secondary N) is 1. The van der Waals surface area contributed by atoms with Crippen LogP contribution in [0.5, 0.6) is 0 Å². The van der Waals surface area contributed by atoms with Crippen molar-refractivity contribution in [1.82, 2.24) is 4.98 Å². The molecule has 0 aliphatic heterocycles. The van der Waals surface area contributed by atoms with Crippen molar-refractivity contribution < 1.29 is 0 Å². The van der Waals surface area contributed by atoms with Crippen molar-refractivity contribution in [2.24, 2.45) is 0 Å². The minimum atomic E-state index is 0.471. The summed E-state index contributed by atoms with van der Waals surface area (Å²) in [5.41, 5.74) is 11.9. The summed E-state index contributed by atoms with van der Waals surface area (Å²) in [5.74, 6) is 0. The van der Waals surface area contributed by atoms with E-state index in [1.807, 2.05) is 0 Å². The first kappa shape index (κ1) is 7.43. The molecule has 10 heavy (non-hydrogen) atoms. The molecule has 54 valence electrons. The third-order valence-electron chi connectivity index (χ3n) is 1.08. The molecule has 0 unspecified atom stereocenters. The Kier molecular flexibility index (Phi) is 1.87. The molecule has 0 aliphatic carbocycles. The second kappa shape index (κ2) is 2.51. The lowest BCUT2D eigenvalue weighted by atomic mass is 10.4. The van der Waals surface area contributed by atoms with Crippen molar-refractivity contribution in [3.05, 3.63) is 10.7 Å². The Labute approximate surface area is 68.8 Å². The molecule has 0 atom stereocenters. The Morgan fingerprint density at radius 1 is 1.40 bits per heavy atom. The van der Waals surface area contributed by atoms with Gasteiger partial charge in [0.05, 0.1) is 16.4 Å². The van der Waals surface area contributed by atoms with Gasteiger partial charge in [-0.25, -0.2) is 0 Å². The predicted molar refractivity (Wildman–Crippen MR) is 47.7 cm³/mol. The first-order valence-electron chi connectivity index (χ1n) is 2.58. The van der Waals surface area contributed by atoms with E-state index in [0.717, 1.165) is 0 Å². The Morgan fingerprint density at radius 3 is 2.50 bits per heavy atom. The molecule has 0 radical (unpaired) electrons. The molecular weight excluding hydrogens is 166 g/mol. The molecule has 1 rings (SSSR count). The molecule has 0 saturated carbocycles. The zero-order chi connectivity index (χ0) is 7.72. The average molecular weight is 173 g/mol. The summed E-state index contributed by atoms with van der Waals surface area (Å²) >= 11 is 8.83. The number of H-pyrrole nitrogens is 1. The first-order chi connectivity index (χ1) is 4.61. The van der Waals surface area contributed by atoms with Crippen molar-refractivity contribution in [3.63, 3.8) is 0 Å². The van der Waals surface area contributed by atoms with Crippen LogP contribution in [0.25, 0.3) is 0 Å². The maximum atomic E-state index is 5.46. The van der Waals surface area contributed by atoms with Crippen LogP contribution in [0.3, 0.4) is 0 Å². The summed E-state index contributed by atoms with van der Waals surface area (Å²) < 4.78 is 0.471. The van der Waals surface area contributed by atoms with Crippen LogP contribution < -0.4 is 11.5 Å². The maximum Gasteiger partial charge on any atom is 0.127 e. The summed E-state index contributed by atoms with van der Waals surface area (Å²) in [5, 5.41) is 0.555. The van der Waals surface area contributed by atoms with E-state index < -0.39 is 0 Å². The second-order valence-electron chi connectivity index (χ2n) is 1.86. The van der Waals surface area contributed by atoms with E-state index in [0.29, 0.717) is 21.0 Å². The molecule has 1 aromatic rings. The van der Waals surface area contributed by atoms with E-state index >= 15 is 0 Å². The van der Waals surface area contributed by atoms with Gasteiger partial charge in [0.25, 0.3) is 0 Å². The second-order valence-corrected chi connectivity index (χ2v) is 2.71. The lowest BCUT2D eigenvalue weighted by Gasteiger charge is -1.99. The van der Waals surface area contributed by atoms with Gasteiger partial charge in [0, 0.05) is 0 Å². The molecule has 5 N–H and O–H groups in total. The van der Waals surface area contributed by atoms with Gasteiger partial charge in [-0.3, -0.25) is 0 Å². The van der Waals surface area contributed by atoms with E-state index in [2.05, 4.69) is 17.6 Å². The summed E-state index contributed by atoms with van der Waals surface area (Å²) in [7, 11) is 0. The third-order valence-corrected chi connectivity index (χ3v) is 1.79. The fraction of sp³-hybridized carbons (Fsp3) is 0. The van der Waals surface area contributed by atoms with E-state index in [1.54, 1.807) is 6.07 Å². The molecular formula is C5H7N3S2. The van der Waals surface area contributed by atoms with Gasteiger partial charge in [0.15, 0.2) is 0 Å². The van der Waals surface area contributed by atoms with Gasteiger partial charge in [0.1, 0.15) is 4.64 Å². The monoisotopic (exact) mass is 173 g/mol. The SMILES string of the molecule is Nc1cc(N)c(=S)[nH]c1S. The Balaban J connectivity index is 3.43. The fourth-order valence-electron chi connectivity index (χ4n) is 0.553. The van der Waals surface area contributed by atoms with E-state index in [9.17, 15) is 0 Å². The topological polar surface area (TPSA) is 67.8 Å². The van der Waals surface area contributed by atoms with Crippen molar-refractivity contribution in [3.8, 4) is 0 Å². The van der Waals surface area contributed by atoms with Crippen LogP contribution in [0.15, 0.2) is 11.1 Å². The average Bonchev–Trinajstić information content (AvgIpc) is 1.84. The van der Waals surface area contributed by atoms with Crippen LogP contribution in [0.2, 0.25) is 0 Å². The first-order valence-corrected chi connectivity index (χ1v) is 3.44. The Bertz CT molecular complexity index is 304. The van der Waals surface area contributed by atoms with Crippen LogP contribution in [0.4, 0.5) is 11.4 Å². The number of thiol groups is 1. The van der Waals surface area contributed by atoms with Gasteiger partial charge >= 0.3 is 0 Å². The number of pyridine rings is 1. The van der Waals surface area contributed by atoms with Gasteiger partial charge in [-0.05, 0) is 6.07 Å². The largest absolute Gasteiger partial charge is 0.397 e. The molecule has 0 fully saturated rings. The highest BCUT2D eigenvalue weighted by atomic mass is 32.1. The van der Waals surface area contributed by atoms with Crippen LogP contribution in [-0.2, 0) is 0 Å². The molecule has 0 saturated heterocycles. The minimum Gasteiger partial charge on any atom is -0.397 e. The quantitative estimate of drug-likeness (QED) is 0.352. The van der Waals surface area contributed by atoms with E-state index in [-0.39, 0.29) is 0 Å². The minimum absolute atomic E-state index is 0.471. The molecule has 0 aromatic carbocycles. The summed E-state index contributed by atoms with van der Waals surface area (Å²) in [6.45, 7) is 0. The maximum absolute atomic E-state index is 5.46. The van der Waals surface area contributed by atoms with Crippen LogP contribution in [0, 0.1) is 4.64 Å². The molecule has 5 heteroatoms. The zero-order valence-electron chi connectivity index (χ0n) is 5.09. The van der Waals surface area contributed by atoms with Crippen molar-refractivity contribution in [2.45, 2.75) is 5.03 Å². The predicted octanol–water partition coefficient (Wildman–Crippen LogP) is 1.20. The number of aromatic nitrogens is 1. The highest BCUT2D eigenvalue weighted by Crippen LogP contribution is 2.16. The number of hydrogen-bond acceptors (Lipinski definition) is 4. The van der Waals surface area contributed by atoms with Crippen LogP contribution in [0.1, 0.15) is 0 Å².